The Hall–Kier alpha value is -2.61. The van der Waals surface area contributed by atoms with Crippen molar-refractivity contribution in [1.29, 1.82) is 0 Å². The molecule has 8 heteroatoms. The van der Waals surface area contributed by atoms with Gasteiger partial charge in [0.05, 0.1) is 23.0 Å². The maximum atomic E-state index is 12.2. The average Bonchev–Trinajstić information content (AvgIpc) is 2.90. The first-order valence-electron chi connectivity index (χ1n) is 6.44. The minimum atomic E-state index is -0.680. The van der Waals surface area contributed by atoms with E-state index in [1.165, 1.54) is 0 Å². The molecule has 8 nitrogen and oxygen atoms in total. The van der Waals surface area contributed by atoms with Crippen LogP contribution in [0.4, 0.5) is 0 Å². The van der Waals surface area contributed by atoms with Gasteiger partial charge in [-0.2, -0.15) is 0 Å². The van der Waals surface area contributed by atoms with E-state index in [1.54, 1.807) is 12.3 Å². The fourth-order valence-corrected chi connectivity index (χ4v) is 2.05. The molecule has 0 aliphatic carbocycles. The molecule has 21 heavy (non-hydrogen) atoms. The Morgan fingerprint density at radius 2 is 2.05 bits per heavy atom. The molecule has 0 saturated heterocycles. The summed E-state index contributed by atoms with van der Waals surface area (Å²) in [4.78, 5) is 23.7. The normalized spacial score (nSPS) is 12.0. The number of nitrogens with one attached hydrogen (secondary N) is 2. The van der Waals surface area contributed by atoms with Gasteiger partial charge < -0.3 is 10.7 Å². The molecule has 0 aromatic carbocycles. The van der Waals surface area contributed by atoms with Gasteiger partial charge in [0, 0.05) is 5.39 Å². The minimum absolute atomic E-state index is 0.282. The van der Waals surface area contributed by atoms with Crippen molar-refractivity contribution in [2.45, 2.75) is 26.3 Å². The third-order valence-electron chi connectivity index (χ3n) is 3.17. The van der Waals surface area contributed by atoms with E-state index in [1.807, 2.05) is 20.8 Å². The number of hydrogen-bond donors (Lipinski definition) is 3. The zero-order chi connectivity index (χ0) is 15.2. The Balaban J connectivity index is 2.29. The molecular weight excluding hydrogens is 270 g/mol. The molecule has 0 unspecified atom stereocenters. The summed E-state index contributed by atoms with van der Waals surface area (Å²) in [5.74, 6) is 0.484. The topological polar surface area (TPSA) is 126 Å². The first-order valence-corrected chi connectivity index (χ1v) is 6.44. The number of rotatable bonds is 2. The summed E-state index contributed by atoms with van der Waals surface area (Å²) in [5, 5.41) is 10.8. The first-order chi connectivity index (χ1) is 9.86. The van der Waals surface area contributed by atoms with Crippen LogP contribution in [0.15, 0.2) is 17.1 Å². The van der Waals surface area contributed by atoms with Gasteiger partial charge in [-0.3, -0.25) is 9.89 Å². The lowest BCUT2D eigenvalue weighted by Gasteiger charge is -2.17. The third-order valence-corrected chi connectivity index (χ3v) is 3.17. The summed E-state index contributed by atoms with van der Waals surface area (Å²) >= 11 is 0. The van der Waals surface area contributed by atoms with Gasteiger partial charge in [0.25, 0.3) is 5.56 Å². The highest BCUT2D eigenvalue weighted by Gasteiger charge is 2.20. The lowest BCUT2D eigenvalue weighted by Crippen LogP contribution is -2.31. The second-order valence-electron chi connectivity index (χ2n) is 5.49. The Morgan fingerprint density at radius 1 is 1.29 bits per heavy atom. The second kappa shape index (κ2) is 4.45. The Labute approximate surface area is 119 Å². The molecular formula is C13H15N7O. The van der Waals surface area contributed by atoms with Gasteiger partial charge in [-0.15, -0.1) is 5.10 Å². The number of aromatic amines is 2. The smallest absolute Gasteiger partial charge is 0.259 e. The van der Waals surface area contributed by atoms with Gasteiger partial charge in [-0.05, 0) is 26.8 Å². The molecule has 3 rings (SSSR count). The number of nitrogens with two attached hydrogens (primary N) is 1. The number of aryl methyl sites for hydroxylation is 1. The summed E-state index contributed by atoms with van der Waals surface area (Å²) in [6.07, 6.45) is 1.56. The molecule has 0 bridgehead atoms. The lowest BCUT2D eigenvalue weighted by molar-refractivity contribution is 0.514. The molecule has 3 heterocycles. The van der Waals surface area contributed by atoms with Crippen molar-refractivity contribution in [1.82, 2.24) is 30.4 Å². The van der Waals surface area contributed by atoms with Crippen molar-refractivity contribution in [3.05, 3.63) is 34.1 Å². The van der Waals surface area contributed by atoms with E-state index in [9.17, 15) is 4.79 Å². The summed E-state index contributed by atoms with van der Waals surface area (Å²) in [5.41, 5.74) is 7.16. The minimum Gasteiger partial charge on any atom is -0.319 e. The van der Waals surface area contributed by atoms with Gasteiger partial charge in [-0.1, -0.05) is 5.21 Å². The van der Waals surface area contributed by atoms with E-state index in [2.05, 4.69) is 30.4 Å². The van der Waals surface area contributed by atoms with Crippen LogP contribution < -0.4 is 11.3 Å². The van der Waals surface area contributed by atoms with E-state index < -0.39 is 5.54 Å². The van der Waals surface area contributed by atoms with Gasteiger partial charge in [0.15, 0.2) is 0 Å². The predicted molar refractivity (Wildman–Crippen MR) is 77.5 cm³/mol. The highest BCUT2D eigenvalue weighted by molar-refractivity contribution is 5.81. The predicted octanol–water partition coefficient (Wildman–Crippen LogP) is 0.605. The van der Waals surface area contributed by atoms with E-state index in [-0.39, 0.29) is 5.56 Å². The molecule has 0 saturated carbocycles. The number of H-pyrrole nitrogens is 2. The molecule has 3 aromatic rings. The second-order valence-corrected chi connectivity index (χ2v) is 5.49. The lowest BCUT2D eigenvalue weighted by atomic mass is 10.1. The van der Waals surface area contributed by atoms with E-state index in [0.717, 1.165) is 11.1 Å². The average molecular weight is 285 g/mol. The number of nitrogens with zero attached hydrogens (tertiary/aromatic N) is 4. The molecule has 4 N–H and O–H groups in total. The fourth-order valence-electron chi connectivity index (χ4n) is 2.05. The van der Waals surface area contributed by atoms with Gasteiger partial charge >= 0.3 is 0 Å². The highest BCUT2D eigenvalue weighted by Crippen LogP contribution is 2.21. The molecule has 0 spiro atoms. The Kier molecular flexibility index (Phi) is 2.84. The summed E-state index contributed by atoms with van der Waals surface area (Å²) < 4.78 is 0. The van der Waals surface area contributed by atoms with Crippen LogP contribution in [0.3, 0.4) is 0 Å². The third kappa shape index (κ3) is 2.29. The van der Waals surface area contributed by atoms with E-state index in [4.69, 9.17) is 5.73 Å². The van der Waals surface area contributed by atoms with Crippen molar-refractivity contribution >= 4 is 11.0 Å². The van der Waals surface area contributed by atoms with Crippen LogP contribution in [0.25, 0.3) is 22.3 Å². The Morgan fingerprint density at radius 3 is 2.67 bits per heavy atom. The van der Waals surface area contributed by atoms with Crippen LogP contribution in [0.1, 0.15) is 25.4 Å². The van der Waals surface area contributed by atoms with Crippen molar-refractivity contribution in [2.24, 2.45) is 5.73 Å². The molecule has 0 fully saturated rings. The highest BCUT2D eigenvalue weighted by atomic mass is 16.1. The maximum absolute atomic E-state index is 12.2. The van der Waals surface area contributed by atoms with Crippen molar-refractivity contribution in [2.75, 3.05) is 0 Å². The van der Waals surface area contributed by atoms with Crippen LogP contribution in [-0.4, -0.2) is 30.4 Å². The standard InChI is InChI=1S/C13H15N7O/c1-6-7-4-8(9-5-15-20-19-9)11(21)17-10(7)18-12(16-6)13(2,3)14/h4-5H,14H2,1-3H3,(H,15,19,20)(H,16,17,18,21). The first kappa shape index (κ1) is 13.4. The van der Waals surface area contributed by atoms with E-state index >= 15 is 0 Å². The maximum Gasteiger partial charge on any atom is 0.259 e. The van der Waals surface area contributed by atoms with Crippen molar-refractivity contribution in [3.8, 4) is 11.3 Å². The summed E-state index contributed by atoms with van der Waals surface area (Å²) in [6, 6.07) is 1.72. The van der Waals surface area contributed by atoms with Crippen LogP contribution in [-0.2, 0) is 5.54 Å². The molecule has 0 radical (unpaired) electrons. The van der Waals surface area contributed by atoms with Crippen LogP contribution in [0.5, 0.6) is 0 Å². The SMILES string of the molecule is Cc1nc(C(C)(C)N)nc2[nH]c(=O)c(-c3c[nH]nn3)cc12. The molecule has 0 aliphatic heterocycles. The monoisotopic (exact) mass is 285 g/mol. The summed E-state index contributed by atoms with van der Waals surface area (Å²) in [7, 11) is 0. The molecule has 0 aliphatic rings. The van der Waals surface area contributed by atoms with Crippen LogP contribution in [0.2, 0.25) is 0 Å². The molecule has 3 aromatic heterocycles. The zero-order valence-electron chi connectivity index (χ0n) is 11.9. The zero-order valence-corrected chi connectivity index (χ0v) is 11.9. The Bertz CT molecular complexity index is 859. The number of hydrogen-bond acceptors (Lipinski definition) is 6. The molecule has 108 valence electrons. The van der Waals surface area contributed by atoms with Gasteiger partial charge in [0.2, 0.25) is 0 Å². The molecule has 0 amide bonds. The quantitative estimate of drug-likeness (QED) is 0.633. The number of fused-ring (bicyclic) bond motifs is 1. The van der Waals surface area contributed by atoms with Crippen LogP contribution in [0, 0.1) is 6.92 Å². The van der Waals surface area contributed by atoms with Crippen molar-refractivity contribution < 1.29 is 0 Å². The van der Waals surface area contributed by atoms with Gasteiger partial charge in [0.1, 0.15) is 17.2 Å². The largest absolute Gasteiger partial charge is 0.319 e. The fraction of sp³-hybridized carbons (Fsp3) is 0.308. The summed E-state index contributed by atoms with van der Waals surface area (Å²) in [6.45, 7) is 5.48. The van der Waals surface area contributed by atoms with E-state index in [0.29, 0.717) is 22.7 Å². The molecule has 0 atom stereocenters. The van der Waals surface area contributed by atoms with Gasteiger partial charge in [-0.25, -0.2) is 9.97 Å². The number of aromatic nitrogens is 6. The van der Waals surface area contributed by atoms with Crippen LogP contribution >= 0.6 is 0 Å². The van der Waals surface area contributed by atoms with Crippen molar-refractivity contribution in [3.63, 3.8) is 0 Å². The number of pyridine rings is 1.